The van der Waals surface area contributed by atoms with E-state index in [1.807, 2.05) is 0 Å². The van der Waals surface area contributed by atoms with Gasteiger partial charge >= 0.3 is 0 Å². The van der Waals surface area contributed by atoms with E-state index in [2.05, 4.69) is 47.9 Å². The van der Waals surface area contributed by atoms with Crippen molar-refractivity contribution >= 4 is 12.6 Å². The minimum atomic E-state index is 0.921. The van der Waals surface area contributed by atoms with Crippen molar-refractivity contribution in [1.82, 2.24) is 4.90 Å². The molecule has 88 valence electrons. The molecule has 0 aromatic heterocycles. The monoisotopic (exact) mass is 235 g/mol. The minimum Gasteiger partial charge on any atom is -0.299 e. The first-order chi connectivity index (χ1) is 7.88. The largest absolute Gasteiger partial charge is 0.299 e. The van der Waals surface area contributed by atoms with Crippen molar-refractivity contribution in [2.45, 2.75) is 25.8 Å². The van der Waals surface area contributed by atoms with Gasteiger partial charge in [-0.3, -0.25) is 4.90 Å². The molecule has 0 atom stereocenters. The molecule has 0 unspecified atom stereocenters. The molecule has 1 aliphatic heterocycles. The number of thiol groups is 1. The highest BCUT2D eigenvalue weighted by molar-refractivity contribution is 7.80. The second-order valence-electron chi connectivity index (χ2n) is 4.72. The van der Waals surface area contributed by atoms with Gasteiger partial charge in [-0.25, -0.2) is 0 Å². The predicted octanol–water partition coefficient (Wildman–Crippen LogP) is 3.22. The lowest BCUT2D eigenvalue weighted by molar-refractivity contribution is 0.175. The average Bonchev–Trinajstić information content (AvgIpc) is 2.33. The number of piperidine rings is 1. The Labute approximate surface area is 104 Å². The van der Waals surface area contributed by atoms with E-state index < -0.39 is 0 Å². The van der Waals surface area contributed by atoms with Crippen molar-refractivity contribution in [2.75, 3.05) is 18.8 Å². The number of rotatable bonds is 4. The van der Waals surface area contributed by atoms with Crippen molar-refractivity contribution in [3.63, 3.8) is 0 Å². The van der Waals surface area contributed by atoms with Gasteiger partial charge in [0.1, 0.15) is 0 Å². The fourth-order valence-electron chi connectivity index (χ4n) is 2.46. The van der Waals surface area contributed by atoms with E-state index in [0.29, 0.717) is 0 Å². The summed E-state index contributed by atoms with van der Waals surface area (Å²) in [5.74, 6) is 1.97. The predicted molar refractivity (Wildman–Crippen MR) is 72.9 cm³/mol. The maximum atomic E-state index is 4.32. The average molecular weight is 235 g/mol. The number of hydrogen-bond acceptors (Lipinski definition) is 2. The standard InChI is InChI=1S/C14H21NS/c16-11-8-13-6-9-15(10-7-13)12-14-4-2-1-3-5-14/h1-5,13,16H,6-12H2. The smallest absolute Gasteiger partial charge is 0.0233 e. The SMILES string of the molecule is SCCC1CCN(Cc2ccccc2)CC1. The lowest BCUT2D eigenvalue weighted by Gasteiger charge is -2.31. The van der Waals surface area contributed by atoms with Gasteiger partial charge in [0, 0.05) is 6.54 Å². The van der Waals surface area contributed by atoms with Gasteiger partial charge in [0.05, 0.1) is 0 Å². The molecule has 0 amide bonds. The summed E-state index contributed by atoms with van der Waals surface area (Å²) in [6, 6.07) is 10.8. The molecular formula is C14H21NS. The molecular weight excluding hydrogens is 214 g/mol. The third-order valence-electron chi connectivity index (χ3n) is 3.49. The number of nitrogens with zero attached hydrogens (tertiary/aromatic N) is 1. The normalized spacial score (nSPS) is 18.8. The Balaban J connectivity index is 1.77. The van der Waals surface area contributed by atoms with Crippen LogP contribution in [0.4, 0.5) is 0 Å². The van der Waals surface area contributed by atoms with Crippen LogP contribution in [0, 0.1) is 5.92 Å². The van der Waals surface area contributed by atoms with Crippen molar-refractivity contribution in [1.29, 1.82) is 0 Å². The fraction of sp³-hybridized carbons (Fsp3) is 0.571. The Bertz CT molecular complexity index is 291. The quantitative estimate of drug-likeness (QED) is 0.784. The van der Waals surface area contributed by atoms with E-state index in [1.165, 1.54) is 37.9 Å². The molecule has 0 spiro atoms. The maximum absolute atomic E-state index is 4.32. The molecule has 0 aliphatic carbocycles. The van der Waals surface area contributed by atoms with Gasteiger partial charge in [-0.15, -0.1) is 0 Å². The zero-order chi connectivity index (χ0) is 11.2. The van der Waals surface area contributed by atoms with Crippen LogP contribution in [0.1, 0.15) is 24.8 Å². The third kappa shape index (κ3) is 3.53. The van der Waals surface area contributed by atoms with Crippen LogP contribution in [0.3, 0.4) is 0 Å². The molecule has 0 saturated carbocycles. The molecule has 0 N–H and O–H groups in total. The highest BCUT2D eigenvalue weighted by Gasteiger charge is 2.18. The summed E-state index contributed by atoms with van der Waals surface area (Å²) in [6.45, 7) is 3.63. The molecule has 2 heteroatoms. The molecule has 1 aromatic rings. The lowest BCUT2D eigenvalue weighted by atomic mass is 9.94. The summed E-state index contributed by atoms with van der Waals surface area (Å²) >= 11 is 4.32. The second kappa shape index (κ2) is 6.31. The van der Waals surface area contributed by atoms with Crippen LogP contribution in [-0.2, 0) is 6.54 Å². The van der Waals surface area contributed by atoms with Gasteiger partial charge in [0.2, 0.25) is 0 Å². The molecule has 1 nitrogen and oxygen atoms in total. The van der Waals surface area contributed by atoms with E-state index in [-0.39, 0.29) is 0 Å². The molecule has 1 heterocycles. The van der Waals surface area contributed by atoms with Gasteiger partial charge in [0.15, 0.2) is 0 Å². The fourth-order valence-corrected chi connectivity index (χ4v) is 2.82. The van der Waals surface area contributed by atoms with Gasteiger partial charge in [-0.2, -0.15) is 12.6 Å². The highest BCUT2D eigenvalue weighted by atomic mass is 32.1. The van der Waals surface area contributed by atoms with Crippen LogP contribution < -0.4 is 0 Å². The summed E-state index contributed by atoms with van der Waals surface area (Å²) in [5.41, 5.74) is 1.44. The van der Waals surface area contributed by atoms with E-state index in [1.54, 1.807) is 0 Å². The third-order valence-corrected chi connectivity index (χ3v) is 3.75. The number of likely N-dealkylation sites (tertiary alicyclic amines) is 1. The molecule has 1 saturated heterocycles. The van der Waals surface area contributed by atoms with Crippen molar-refractivity contribution in [2.24, 2.45) is 5.92 Å². The van der Waals surface area contributed by atoms with Crippen LogP contribution in [0.25, 0.3) is 0 Å². The van der Waals surface area contributed by atoms with E-state index >= 15 is 0 Å². The number of benzene rings is 1. The zero-order valence-corrected chi connectivity index (χ0v) is 10.7. The molecule has 0 bridgehead atoms. The van der Waals surface area contributed by atoms with Crippen molar-refractivity contribution in [3.8, 4) is 0 Å². The topological polar surface area (TPSA) is 3.24 Å². The van der Waals surface area contributed by atoms with Crippen molar-refractivity contribution in [3.05, 3.63) is 35.9 Å². The first kappa shape index (κ1) is 12.0. The molecule has 16 heavy (non-hydrogen) atoms. The summed E-state index contributed by atoms with van der Waals surface area (Å²) in [7, 11) is 0. The Morgan fingerprint density at radius 1 is 1.12 bits per heavy atom. The first-order valence-corrected chi connectivity index (χ1v) is 6.89. The van der Waals surface area contributed by atoms with Crippen LogP contribution in [0.2, 0.25) is 0 Å². The molecule has 1 fully saturated rings. The van der Waals surface area contributed by atoms with Crippen molar-refractivity contribution < 1.29 is 0 Å². The van der Waals surface area contributed by atoms with Crippen LogP contribution in [-0.4, -0.2) is 23.7 Å². The summed E-state index contributed by atoms with van der Waals surface area (Å²) < 4.78 is 0. The molecule has 0 radical (unpaired) electrons. The summed E-state index contributed by atoms with van der Waals surface area (Å²) in [6.07, 6.45) is 4.00. The van der Waals surface area contributed by atoms with Crippen LogP contribution in [0.15, 0.2) is 30.3 Å². The van der Waals surface area contributed by atoms with Gasteiger partial charge in [-0.1, -0.05) is 30.3 Å². The Hall–Kier alpha value is -0.470. The van der Waals surface area contributed by atoms with Gasteiger partial charge in [0.25, 0.3) is 0 Å². The Kier molecular flexibility index (Phi) is 4.73. The highest BCUT2D eigenvalue weighted by Crippen LogP contribution is 2.21. The summed E-state index contributed by atoms with van der Waals surface area (Å²) in [5, 5.41) is 0. The van der Waals surface area contributed by atoms with E-state index in [0.717, 1.165) is 18.2 Å². The minimum absolute atomic E-state index is 0.921. The van der Waals surface area contributed by atoms with E-state index in [4.69, 9.17) is 0 Å². The lowest BCUT2D eigenvalue weighted by Crippen LogP contribution is -2.33. The van der Waals surface area contributed by atoms with Gasteiger partial charge in [-0.05, 0) is 49.6 Å². The van der Waals surface area contributed by atoms with Gasteiger partial charge < -0.3 is 0 Å². The second-order valence-corrected chi connectivity index (χ2v) is 5.16. The van der Waals surface area contributed by atoms with Crippen LogP contribution in [0.5, 0.6) is 0 Å². The Morgan fingerprint density at radius 2 is 1.81 bits per heavy atom. The molecule has 1 aromatic carbocycles. The zero-order valence-electron chi connectivity index (χ0n) is 9.81. The van der Waals surface area contributed by atoms with Crippen LogP contribution >= 0.6 is 12.6 Å². The number of hydrogen-bond donors (Lipinski definition) is 1. The Morgan fingerprint density at radius 3 is 2.44 bits per heavy atom. The molecule has 2 rings (SSSR count). The first-order valence-electron chi connectivity index (χ1n) is 6.25. The molecule has 1 aliphatic rings. The maximum Gasteiger partial charge on any atom is 0.0233 e. The summed E-state index contributed by atoms with van der Waals surface area (Å²) in [4.78, 5) is 2.57. The van der Waals surface area contributed by atoms with E-state index in [9.17, 15) is 0 Å².